The third-order valence-corrected chi connectivity index (χ3v) is 17.4. The van der Waals surface area contributed by atoms with Gasteiger partial charge in [0.2, 0.25) is 0 Å². The van der Waals surface area contributed by atoms with Gasteiger partial charge < -0.3 is 71.1 Å². The number of hydrogen-bond acceptors (Lipinski definition) is 28. The number of ether oxygens (including phenoxy) is 13. The van der Waals surface area contributed by atoms with Crippen LogP contribution in [0.3, 0.4) is 0 Å². The Kier molecular flexibility index (Phi) is 29.0. The van der Waals surface area contributed by atoms with E-state index in [2.05, 4.69) is 4.74 Å². The first-order chi connectivity index (χ1) is 40.7. The zero-order chi connectivity index (χ0) is 67.3. The van der Waals surface area contributed by atoms with Gasteiger partial charge in [-0.25, -0.2) is 67.1 Å². The molecule has 0 heterocycles. The van der Waals surface area contributed by atoms with Crippen molar-refractivity contribution in [3.8, 4) is 0 Å². The molecule has 0 radical (unpaired) electrons. The second-order valence-electron chi connectivity index (χ2n) is 20.8. The summed E-state index contributed by atoms with van der Waals surface area (Å²) in [6.45, 7) is 21.4. The Labute approximate surface area is 507 Å². The van der Waals surface area contributed by atoms with Gasteiger partial charge in [0.15, 0.2) is 79.4 Å². The zero-order valence-corrected chi connectivity index (χ0v) is 52.7. The fourth-order valence-electron chi connectivity index (χ4n) is 7.14. The van der Waals surface area contributed by atoms with Gasteiger partial charge in [0.25, 0.3) is 8.32 Å². The molecule has 1 N–H and O–H groups in total. The van der Waals surface area contributed by atoms with Crippen molar-refractivity contribution in [3.05, 3.63) is 60.7 Å². The fraction of sp³-hybridized carbons (Fsp3) is 0.552. The highest BCUT2D eigenvalue weighted by Gasteiger charge is 2.52. The summed E-state index contributed by atoms with van der Waals surface area (Å²) in [6, 6.07) is 19.0. The van der Waals surface area contributed by atoms with Crippen molar-refractivity contribution >= 4 is 102 Å². The van der Waals surface area contributed by atoms with Crippen LogP contribution in [0, 0.1) is 0 Å². The molecule has 0 aromatic heterocycles. The molecule has 30 heteroatoms. The summed E-state index contributed by atoms with van der Waals surface area (Å²) in [7, 11) is -3.21. The van der Waals surface area contributed by atoms with Crippen LogP contribution >= 0.6 is 0 Å². The predicted octanol–water partition coefficient (Wildman–Crippen LogP) is 2.15. The van der Waals surface area contributed by atoms with Gasteiger partial charge in [-0.05, 0) is 112 Å². The van der Waals surface area contributed by atoms with Gasteiger partial charge in [0.1, 0.15) is 6.10 Å². The van der Waals surface area contributed by atoms with E-state index in [-0.39, 0.29) is 0 Å². The largest absolute Gasteiger partial charge is 0.479 e. The second kappa shape index (κ2) is 33.9. The lowest BCUT2D eigenvalue weighted by Gasteiger charge is -2.44. The van der Waals surface area contributed by atoms with E-state index >= 15 is 0 Å². The summed E-state index contributed by atoms with van der Waals surface area (Å²) >= 11 is 0. The Morgan fingerprint density at radius 2 is 0.420 bits per heavy atom. The Hall–Kier alpha value is -8.80. The molecule has 486 valence electrons. The lowest BCUT2D eigenvalue weighted by atomic mass is 10.2. The van der Waals surface area contributed by atoms with Crippen molar-refractivity contribution in [3.63, 3.8) is 0 Å². The number of hydrogen-bond donors (Lipinski definition) is 1. The highest BCUT2D eigenvalue weighted by molar-refractivity contribution is 6.99. The Morgan fingerprint density at radius 3 is 0.568 bits per heavy atom. The maximum atomic E-state index is 13.5. The Balaban J connectivity index is 1.82. The number of carboxylic acid groups (broad SMARTS) is 1. The van der Waals surface area contributed by atoms with Gasteiger partial charge in [0, 0.05) is 0 Å². The molecule has 0 saturated heterocycles. The van der Waals surface area contributed by atoms with E-state index in [1.165, 1.54) is 13.8 Å². The van der Waals surface area contributed by atoms with Crippen LogP contribution in [-0.4, -0.2) is 182 Å². The number of carbonyl (C=O) groups is 14. The number of rotatable bonds is 31. The summed E-state index contributed by atoms with van der Waals surface area (Å²) in [4.78, 5) is 176. The van der Waals surface area contributed by atoms with E-state index in [0.29, 0.717) is 0 Å². The molecule has 0 aliphatic rings. The lowest BCUT2D eigenvalue weighted by Crippen LogP contribution is -2.68. The monoisotopic (exact) mass is 1260 g/mol. The topological polar surface area (TPSA) is 388 Å². The van der Waals surface area contributed by atoms with Crippen molar-refractivity contribution in [1.82, 2.24) is 0 Å². The molecule has 0 amide bonds. The SMILES string of the molecule is C[C@H](O[Si](c1ccccc1)(c1ccccc1)C(C)(C)C)C(=O)O[C@H](C)C(=O)O[C@H](C)C(=O)O[C@H](C)C(=O)O[C@H](C)C(=O)O[C@H](C)C(=O)O[C@H](C)C(=O)O[C@H](C)C(=O)O[C@H](C)C(=O)O[C@H](C)C(=O)O[C@H](C)C(=O)O[C@H](C)C(=O)O[C@H](C)C(=O)O[C@H](C)C(=O)O. The van der Waals surface area contributed by atoms with E-state index in [4.69, 9.17) is 66.4 Å². The van der Waals surface area contributed by atoms with Crippen LogP contribution in [0.2, 0.25) is 5.04 Å². The first-order valence-corrected chi connectivity index (χ1v) is 29.3. The predicted molar refractivity (Wildman–Crippen MR) is 298 cm³/mol. The van der Waals surface area contributed by atoms with Crippen molar-refractivity contribution in [1.29, 1.82) is 0 Å². The molecule has 0 unspecified atom stereocenters. The summed E-state index contributed by atoms with van der Waals surface area (Å²) in [6.07, 6.45) is -23.0. The molecule has 2 aromatic rings. The number of aliphatic carboxylic acids is 1. The van der Waals surface area contributed by atoms with Gasteiger partial charge in [0.05, 0.1) is 0 Å². The minimum atomic E-state index is -3.21. The second-order valence-corrected chi connectivity index (χ2v) is 25.0. The van der Waals surface area contributed by atoms with Crippen molar-refractivity contribution in [2.24, 2.45) is 0 Å². The summed E-state index contributed by atoms with van der Waals surface area (Å²) in [5.74, 6) is -17.6. The molecular formula is C58H76O29Si. The van der Waals surface area contributed by atoms with Gasteiger partial charge in [-0.2, -0.15) is 0 Å². The van der Waals surface area contributed by atoms with Crippen LogP contribution in [0.4, 0.5) is 0 Å². The maximum Gasteiger partial charge on any atom is 0.347 e. The number of carbonyl (C=O) groups excluding carboxylic acids is 13. The zero-order valence-electron chi connectivity index (χ0n) is 51.7. The molecule has 0 saturated carbocycles. The Bertz CT molecular complexity index is 2790. The van der Waals surface area contributed by atoms with Crippen molar-refractivity contribution in [2.75, 3.05) is 0 Å². The normalized spacial score (nSPS) is 16.1. The van der Waals surface area contributed by atoms with E-state index in [0.717, 1.165) is 93.5 Å². The van der Waals surface area contributed by atoms with Gasteiger partial charge in [-0.3, -0.25) is 0 Å². The molecule has 2 rings (SSSR count). The van der Waals surface area contributed by atoms with Gasteiger partial charge in [-0.15, -0.1) is 0 Å². The molecule has 29 nitrogen and oxygen atoms in total. The third kappa shape index (κ3) is 22.5. The van der Waals surface area contributed by atoms with E-state index in [1.54, 1.807) is 0 Å². The molecule has 0 aliphatic carbocycles. The van der Waals surface area contributed by atoms with Gasteiger partial charge >= 0.3 is 83.6 Å². The number of benzene rings is 2. The summed E-state index contributed by atoms with van der Waals surface area (Å²) in [5.41, 5.74) is 0. The van der Waals surface area contributed by atoms with Gasteiger partial charge in [-0.1, -0.05) is 81.4 Å². The fourth-order valence-corrected chi connectivity index (χ4v) is 11.8. The van der Waals surface area contributed by atoms with Crippen molar-refractivity contribution in [2.45, 2.75) is 208 Å². The molecule has 0 fully saturated rings. The molecule has 0 spiro atoms. The number of esters is 13. The standard InChI is InChI=1S/C58H76O29Si/c1-28(44(59)60)74-45(61)29(2)75-46(62)30(3)76-47(63)31(4)77-48(64)32(5)78-49(65)33(6)79-50(66)34(7)80-51(67)35(8)81-52(68)36(9)82-53(69)37(10)83-54(70)38(11)84-55(71)39(12)85-56(72)40(13)86-57(73)41(14)87-88(58(15,16)17,42-24-20-18-21-25-42)43-26-22-19-23-27-43/h18-41H,1-17H3,(H,59,60)/t28-,29-,30-,31-,32-,33-,34-,35-,36-,37-,38-,39-,40-,41+/m1/s1. The highest BCUT2D eigenvalue weighted by Crippen LogP contribution is 2.37. The average molecular weight is 1270 g/mol. The minimum absolute atomic E-state index is 0.489. The van der Waals surface area contributed by atoms with Crippen LogP contribution in [0.25, 0.3) is 0 Å². The van der Waals surface area contributed by atoms with Crippen LogP contribution in [-0.2, 0) is 133 Å². The molecule has 0 aliphatic heterocycles. The number of carboxylic acids is 1. The lowest BCUT2D eigenvalue weighted by molar-refractivity contribution is -0.190. The average Bonchev–Trinajstić information content (AvgIpc) is 3.20. The first-order valence-electron chi connectivity index (χ1n) is 27.4. The summed E-state index contributed by atoms with van der Waals surface area (Å²) < 4.78 is 71.4. The molecule has 14 atom stereocenters. The van der Waals surface area contributed by atoms with E-state index in [9.17, 15) is 67.1 Å². The Morgan fingerprint density at radius 1 is 0.273 bits per heavy atom. The first kappa shape index (κ1) is 75.3. The third-order valence-electron chi connectivity index (χ3n) is 12.2. The summed E-state index contributed by atoms with van der Waals surface area (Å²) in [5, 5.41) is 10.2. The molecule has 88 heavy (non-hydrogen) atoms. The molecule has 0 bridgehead atoms. The van der Waals surface area contributed by atoms with Crippen molar-refractivity contribution < 1.29 is 138 Å². The van der Waals surface area contributed by atoms with E-state index < -0.39 is 182 Å². The van der Waals surface area contributed by atoms with Crippen LogP contribution < -0.4 is 10.4 Å². The van der Waals surface area contributed by atoms with Crippen LogP contribution in [0.1, 0.15) is 118 Å². The highest BCUT2D eigenvalue weighted by atomic mass is 28.4. The molecular weight excluding hydrogens is 1190 g/mol. The quantitative estimate of drug-likeness (QED) is 0.0642. The van der Waals surface area contributed by atoms with E-state index in [1.807, 2.05) is 81.4 Å². The van der Waals surface area contributed by atoms with Crippen LogP contribution in [0.5, 0.6) is 0 Å². The minimum Gasteiger partial charge on any atom is -0.479 e. The molecule has 2 aromatic carbocycles. The smallest absolute Gasteiger partial charge is 0.347 e. The maximum absolute atomic E-state index is 13.5. The van der Waals surface area contributed by atoms with Crippen LogP contribution in [0.15, 0.2) is 60.7 Å².